The maximum atomic E-state index is 10.9. The maximum Gasteiger partial charge on any atom is 0.325 e. The van der Waals surface area contributed by atoms with Crippen molar-refractivity contribution < 1.29 is 9.53 Å². The molecule has 5 heteroatoms. The van der Waals surface area contributed by atoms with Gasteiger partial charge >= 0.3 is 5.97 Å². The Morgan fingerprint density at radius 2 is 2.55 bits per heavy atom. The van der Waals surface area contributed by atoms with Gasteiger partial charge in [0.15, 0.2) is 0 Å². The third kappa shape index (κ3) is 2.54. The van der Waals surface area contributed by atoms with Gasteiger partial charge in [-0.25, -0.2) is 0 Å². The molecule has 3 nitrogen and oxygen atoms in total. The summed E-state index contributed by atoms with van der Waals surface area (Å²) < 4.78 is 4.68. The zero-order valence-electron chi connectivity index (χ0n) is 6.17. The Balaban J connectivity index is 2.29. The number of alkyl halides is 1. The van der Waals surface area contributed by atoms with Crippen LogP contribution in [0.1, 0.15) is 6.42 Å². The molecule has 2 atom stereocenters. The minimum Gasteiger partial charge on any atom is -0.431 e. The quantitative estimate of drug-likeness (QED) is 0.410. The lowest BCUT2D eigenvalue weighted by Gasteiger charge is -2.02. The van der Waals surface area contributed by atoms with Gasteiger partial charge in [0, 0.05) is 0 Å². The van der Waals surface area contributed by atoms with Crippen LogP contribution in [-0.2, 0) is 9.53 Å². The molecule has 0 saturated carbocycles. The molecule has 0 unspecified atom stereocenters. The van der Waals surface area contributed by atoms with E-state index in [2.05, 4.69) is 10.1 Å². The first kappa shape index (κ1) is 9.16. The number of thioether (sulfide) groups is 1. The van der Waals surface area contributed by atoms with Crippen molar-refractivity contribution in [3.8, 4) is 0 Å². The lowest BCUT2D eigenvalue weighted by atomic mass is 10.2. The van der Waals surface area contributed by atoms with Gasteiger partial charge in [-0.3, -0.25) is 10.1 Å². The SMILES string of the molecule is CSCC[C@@H]1N[C@@H](Cl)OC1=O. The summed E-state index contributed by atoms with van der Waals surface area (Å²) in [5.41, 5.74) is -0.630. The normalized spacial score (nSPS) is 30.5. The van der Waals surface area contributed by atoms with Crippen LogP contribution in [0, 0.1) is 0 Å². The number of hydrogen-bond acceptors (Lipinski definition) is 4. The summed E-state index contributed by atoms with van der Waals surface area (Å²) in [6.07, 6.45) is 2.78. The molecule has 0 radical (unpaired) electrons. The molecule has 1 saturated heterocycles. The summed E-state index contributed by atoms with van der Waals surface area (Å²) in [7, 11) is 0. The van der Waals surface area contributed by atoms with Gasteiger partial charge in [-0.15, -0.1) is 0 Å². The molecule has 1 fully saturated rings. The molecular formula is C6H10ClNO2S. The molecule has 0 spiro atoms. The molecule has 0 bridgehead atoms. The van der Waals surface area contributed by atoms with Crippen molar-refractivity contribution in [1.82, 2.24) is 5.32 Å². The van der Waals surface area contributed by atoms with Crippen LogP contribution in [0.3, 0.4) is 0 Å². The van der Waals surface area contributed by atoms with E-state index in [1.165, 1.54) is 0 Å². The minimum absolute atomic E-state index is 0.204. The predicted octanol–water partition coefficient (Wildman–Crippen LogP) is 0.777. The molecule has 0 aromatic heterocycles. The van der Waals surface area contributed by atoms with E-state index in [0.29, 0.717) is 0 Å². The fourth-order valence-electron chi connectivity index (χ4n) is 0.881. The van der Waals surface area contributed by atoms with Crippen LogP contribution in [0.5, 0.6) is 0 Å². The van der Waals surface area contributed by atoms with Crippen molar-refractivity contribution in [3.63, 3.8) is 0 Å². The lowest BCUT2D eigenvalue weighted by molar-refractivity contribution is -0.140. The summed E-state index contributed by atoms with van der Waals surface area (Å²) in [4.78, 5) is 10.9. The Morgan fingerprint density at radius 1 is 1.82 bits per heavy atom. The summed E-state index contributed by atoms with van der Waals surface area (Å²) in [6, 6.07) is -0.204. The number of nitrogens with one attached hydrogen (secondary N) is 1. The van der Waals surface area contributed by atoms with Crippen molar-refractivity contribution in [2.45, 2.75) is 18.1 Å². The molecule has 1 N–H and O–H groups in total. The number of esters is 1. The van der Waals surface area contributed by atoms with Crippen LogP contribution >= 0.6 is 23.4 Å². The number of carbonyl (C=O) groups is 1. The first-order valence-corrected chi connectivity index (χ1v) is 5.16. The number of rotatable bonds is 3. The molecule has 0 aromatic carbocycles. The molecule has 1 rings (SSSR count). The van der Waals surface area contributed by atoms with E-state index in [1.807, 2.05) is 6.26 Å². The van der Waals surface area contributed by atoms with E-state index < -0.39 is 5.69 Å². The number of carbonyl (C=O) groups excluding carboxylic acids is 1. The fourth-order valence-corrected chi connectivity index (χ4v) is 1.59. The van der Waals surface area contributed by atoms with Crippen LogP contribution < -0.4 is 5.32 Å². The summed E-state index contributed by atoms with van der Waals surface area (Å²) in [6.45, 7) is 0. The van der Waals surface area contributed by atoms with Crippen LogP contribution in [0.15, 0.2) is 0 Å². The molecule has 11 heavy (non-hydrogen) atoms. The molecular weight excluding hydrogens is 186 g/mol. The highest BCUT2D eigenvalue weighted by Gasteiger charge is 2.31. The third-order valence-corrected chi connectivity index (χ3v) is 2.31. The summed E-state index contributed by atoms with van der Waals surface area (Å²) in [5, 5.41) is 2.82. The monoisotopic (exact) mass is 195 g/mol. The second-order valence-electron chi connectivity index (χ2n) is 2.25. The van der Waals surface area contributed by atoms with Crippen LogP contribution in [0.25, 0.3) is 0 Å². The van der Waals surface area contributed by atoms with Crippen molar-refractivity contribution in [2.75, 3.05) is 12.0 Å². The minimum atomic E-state index is -0.630. The zero-order valence-corrected chi connectivity index (χ0v) is 7.74. The smallest absolute Gasteiger partial charge is 0.325 e. The van der Waals surface area contributed by atoms with E-state index in [-0.39, 0.29) is 12.0 Å². The average molecular weight is 196 g/mol. The molecule has 1 aliphatic rings. The first-order valence-electron chi connectivity index (χ1n) is 3.33. The predicted molar refractivity (Wildman–Crippen MR) is 45.7 cm³/mol. The second kappa shape index (κ2) is 4.18. The number of hydrogen-bond donors (Lipinski definition) is 1. The fraction of sp³-hybridized carbons (Fsp3) is 0.833. The van der Waals surface area contributed by atoms with Gasteiger partial charge < -0.3 is 4.74 Å². The Kier molecular flexibility index (Phi) is 3.48. The molecule has 1 heterocycles. The van der Waals surface area contributed by atoms with E-state index in [9.17, 15) is 4.79 Å². The van der Waals surface area contributed by atoms with Gasteiger partial charge in [-0.2, -0.15) is 11.8 Å². The van der Waals surface area contributed by atoms with E-state index in [0.717, 1.165) is 12.2 Å². The van der Waals surface area contributed by atoms with Gasteiger partial charge in [0.2, 0.25) is 5.69 Å². The van der Waals surface area contributed by atoms with Gasteiger partial charge in [0.05, 0.1) is 0 Å². The van der Waals surface area contributed by atoms with Gasteiger partial charge in [-0.1, -0.05) is 11.6 Å². The van der Waals surface area contributed by atoms with Crippen LogP contribution in [-0.4, -0.2) is 29.7 Å². The Bertz CT molecular complexity index is 156. The van der Waals surface area contributed by atoms with E-state index in [4.69, 9.17) is 11.6 Å². The number of cyclic esters (lactones) is 1. The molecule has 0 aromatic rings. The lowest BCUT2D eigenvalue weighted by Crippen LogP contribution is -2.29. The van der Waals surface area contributed by atoms with Crippen molar-refractivity contribution in [2.24, 2.45) is 0 Å². The molecule has 1 aliphatic heterocycles. The maximum absolute atomic E-state index is 10.9. The summed E-state index contributed by atoms with van der Waals surface area (Å²) in [5.74, 6) is 0.704. The molecule has 0 amide bonds. The van der Waals surface area contributed by atoms with Crippen LogP contribution in [0.2, 0.25) is 0 Å². The van der Waals surface area contributed by atoms with Gasteiger partial charge in [0.1, 0.15) is 6.04 Å². The highest BCUT2D eigenvalue weighted by molar-refractivity contribution is 7.98. The standard InChI is InChI=1S/C6H10ClNO2S/c1-11-3-2-4-5(9)10-6(7)8-4/h4,6,8H,2-3H2,1H3/t4-,6+/m0/s1. The topological polar surface area (TPSA) is 38.3 Å². The highest BCUT2D eigenvalue weighted by Crippen LogP contribution is 2.12. The second-order valence-corrected chi connectivity index (χ2v) is 3.64. The van der Waals surface area contributed by atoms with Gasteiger partial charge in [-0.05, 0) is 18.4 Å². The third-order valence-electron chi connectivity index (χ3n) is 1.45. The first-order chi connectivity index (χ1) is 5.24. The van der Waals surface area contributed by atoms with Crippen molar-refractivity contribution >= 4 is 29.3 Å². The Labute approximate surface area is 74.8 Å². The summed E-state index contributed by atoms with van der Waals surface area (Å²) >= 11 is 7.22. The van der Waals surface area contributed by atoms with Crippen molar-refractivity contribution in [1.29, 1.82) is 0 Å². The van der Waals surface area contributed by atoms with Gasteiger partial charge in [0.25, 0.3) is 0 Å². The van der Waals surface area contributed by atoms with E-state index in [1.54, 1.807) is 11.8 Å². The Hall–Kier alpha value is 0.0700. The molecule has 64 valence electrons. The van der Waals surface area contributed by atoms with Crippen molar-refractivity contribution in [3.05, 3.63) is 0 Å². The number of ether oxygens (including phenoxy) is 1. The van der Waals surface area contributed by atoms with Crippen LogP contribution in [0.4, 0.5) is 0 Å². The number of halogens is 1. The zero-order chi connectivity index (χ0) is 8.27. The Morgan fingerprint density at radius 3 is 3.00 bits per heavy atom. The largest absolute Gasteiger partial charge is 0.431 e. The highest BCUT2D eigenvalue weighted by atomic mass is 35.5. The molecule has 0 aliphatic carbocycles. The average Bonchev–Trinajstić information content (AvgIpc) is 2.26. The van der Waals surface area contributed by atoms with E-state index >= 15 is 0 Å².